The first-order valence-electron chi connectivity index (χ1n) is 6.73. The molecule has 0 unspecified atom stereocenters. The quantitative estimate of drug-likeness (QED) is 0.795. The Morgan fingerprint density at radius 1 is 1.24 bits per heavy atom. The lowest BCUT2D eigenvalue weighted by Gasteiger charge is -2.12. The van der Waals surface area contributed by atoms with Crippen LogP contribution in [0, 0.1) is 0 Å². The van der Waals surface area contributed by atoms with Crippen LogP contribution in [0.1, 0.15) is 17.7 Å². The summed E-state index contributed by atoms with van der Waals surface area (Å²) < 4.78 is 15.8. The predicted octanol–water partition coefficient (Wildman–Crippen LogP) is 3.35. The number of hydrogen-bond acceptors (Lipinski definition) is 4. The fraction of sp³-hybridized carbons (Fsp3) is 0.312. The first kappa shape index (κ1) is 15.4. The van der Waals surface area contributed by atoms with Crippen molar-refractivity contribution in [2.75, 3.05) is 14.2 Å². The summed E-state index contributed by atoms with van der Waals surface area (Å²) in [6, 6.07) is 9.58. The number of nitrogens with one attached hydrogen (secondary N) is 1. The molecular weight excluding hydrogens is 286 g/mol. The average molecular weight is 305 g/mol. The molecule has 1 aromatic heterocycles. The summed E-state index contributed by atoms with van der Waals surface area (Å²) in [5.41, 5.74) is 1.04. The summed E-state index contributed by atoms with van der Waals surface area (Å²) in [6.45, 7) is 0.629. The number of ether oxygens (including phenoxy) is 2. The van der Waals surface area contributed by atoms with E-state index in [9.17, 15) is 0 Å². The van der Waals surface area contributed by atoms with Gasteiger partial charge < -0.3 is 19.2 Å². The van der Waals surface area contributed by atoms with Crippen LogP contribution in [0.25, 0.3) is 0 Å². The standard InChI is InChI=1S/C16H19NO3S/c1-18-14-6-5-12(15(10-14)19-2)11-17-16(21)8-7-13-4-3-9-20-13/h3-6,9-10H,7-8,11H2,1-2H3,(H,17,21). The Balaban J connectivity index is 1.85. The lowest BCUT2D eigenvalue weighted by molar-refractivity contribution is 0.390. The van der Waals surface area contributed by atoms with Gasteiger partial charge in [-0.25, -0.2) is 0 Å². The maximum absolute atomic E-state index is 5.36. The molecule has 2 aromatic rings. The van der Waals surface area contributed by atoms with Crippen molar-refractivity contribution in [2.24, 2.45) is 0 Å². The smallest absolute Gasteiger partial charge is 0.127 e. The normalized spacial score (nSPS) is 10.2. The summed E-state index contributed by atoms with van der Waals surface area (Å²) in [5, 5.41) is 3.24. The molecule has 5 heteroatoms. The minimum absolute atomic E-state index is 0.629. The lowest BCUT2D eigenvalue weighted by atomic mass is 10.2. The second-order valence-corrected chi connectivity index (χ2v) is 5.03. The highest BCUT2D eigenvalue weighted by Crippen LogP contribution is 2.24. The van der Waals surface area contributed by atoms with Crippen molar-refractivity contribution in [3.63, 3.8) is 0 Å². The van der Waals surface area contributed by atoms with Gasteiger partial charge in [-0.05, 0) is 24.3 Å². The molecule has 112 valence electrons. The molecule has 0 fully saturated rings. The van der Waals surface area contributed by atoms with Crippen molar-refractivity contribution in [1.82, 2.24) is 5.32 Å². The third-order valence-corrected chi connectivity index (χ3v) is 3.50. The van der Waals surface area contributed by atoms with Crippen LogP contribution in [-0.4, -0.2) is 19.2 Å². The first-order chi connectivity index (χ1) is 10.2. The van der Waals surface area contributed by atoms with Gasteiger partial charge in [0.05, 0.1) is 25.5 Å². The zero-order valence-electron chi connectivity index (χ0n) is 12.2. The molecular formula is C16H19NO3S. The Bertz CT molecular complexity index is 581. The van der Waals surface area contributed by atoms with Gasteiger partial charge in [0.2, 0.25) is 0 Å². The highest BCUT2D eigenvalue weighted by atomic mass is 32.1. The van der Waals surface area contributed by atoms with Crippen LogP contribution in [-0.2, 0) is 13.0 Å². The van der Waals surface area contributed by atoms with Crippen molar-refractivity contribution in [2.45, 2.75) is 19.4 Å². The molecule has 0 spiro atoms. The van der Waals surface area contributed by atoms with Gasteiger partial charge in [0.15, 0.2) is 0 Å². The van der Waals surface area contributed by atoms with Gasteiger partial charge in [-0.15, -0.1) is 0 Å². The number of hydrogen-bond donors (Lipinski definition) is 1. The van der Waals surface area contributed by atoms with Gasteiger partial charge in [-0.2, -0.15) is 0 Å². The van der Waals surface area contributed by atoms with E-state index in [0.717, 1.165) is 40.7 Å². The number of methoxy groups -OCH3 is 2. The third kappa shape index (κ3) is 4.49. The lowest BCUT2D eigenvalue weighted by Crippen LogP contribution is -2.21. The van der Waals surface area contributed by atoms with Crippen molar-refractivity contribution >= 4 is 17.2 Å². The molecule has 0 aliphatic carbocycles. The first-order valence-corrected chi connectivity index (χ1v) is 7.13. The minimum Gasteiger partial charge on any atom is -0.497 e. The predicted molar refractivity (Wildman–Crippen MR) is 86.0 cm³/mol. The van der Waals surface area contributed by atoms with Crippen LogP contribution in [0.5, 0.6) is 11.5 Å². The SMILES string of the molecule is COc1ccc(CNC(=S)CCc2ccco2)c(OC)c1. The van der Waals surface area contributed by atoms with Gasteiger partial charge in [-0.1, -0.05) is 12.2 Å². The largest absolute Gasteiger partial charge is 0.497 e. The number of furan rings is 1. The van der Waals surface area contributed by atoms with E-state index >= 15 is 0 Å². The van der Waals surface area contributed by atoms with Crippen LogP contribution in [0.4, 0.5) is 0 Å². The molecule has 21 heavy (non-hydrogen) atoms. The van der Waals surface area contributed by atoms with Gasteiger partial charge in [0, 0.05) is 31.0 Å². The molecule has 2 rings (SSSR count). The summed E-state index contributed by atoms with van der Waals surface area (Å²) in [6.07, 6.45) is 3.24. The molecule has 0 aliphatic rings. The molecule has 0 saturated carbocycles. The van der Waals surface area contributed by atoms with E-state index in [1.54, 1.807) is 20.5 Å². The van der Waals surface area contributed by atoms with E-state index in [1.807, 2.05) is 30.3 Å². The highest BCUT2D eigenvalue weighted by Gasteiger charge is 2.06. The van der Waals surface area contributed by atoms with Crippen molar-refractivity contribution in [1.29, 1.82) is 0 Å². The summed E-state index contributed by atoms with van der Waals surface area (Å²) in [5.74, 6) is 2.51. The zero-order chi connectivity index (χ0) is 15.1. The molecule has 1 aromatic carbocycles. The van der Waals surface area contributed by atoms with E-state index < -0.39 is 0 Å². The molecule has 1 N–H and O–H groups in total. The second-order valence-electron chi connectivity index (χ2n) is 4.53. The van der Waals surface area contributed by atoms with Crippen LogP contribution < -0.4 is 14.8 Å². The van der Waals surface area contributed by atoms with Crippen LogP contribution in [0.15, 0.2) is 41.0 Å². The summed E-state index contributed by atoms with van der Waals surface area (Å²) >= 11 is 5.34. The van der Waals surface area contributed by atoms with E-state index in [-0.39, 0.29) is 0 Å². The van der Waals surface area contributed by atoms with Gasteiger partial charge in [0.1, 0.15) is 17.3 Å². The molecule has 0 saturated heterocycles. The fourth-order valence-electron chi connectivity index (χ4n) is 1.97. The van der Waals surface area contributed by atoms with Gasteiger partial charge in [0.25, 0.3) is 0 Å². The summed E-state index contributed by atoms with van der Waals surface area (Å²) in [7, 11) is 3.28. The third-order valence-electron chi connectivity index (χ3n) is 3.15. The number of benzene rings is 1. The number of rotatable bonds is 7. The van der Waals surface area contributed by atoms with Crippen LogP contribution >= 0.6 is 12.2 Å². The Kier molecular flexibility index (Phi) is 5.63. The molecule has 0 amide bonds. The van der Waals surface area contributed by atoms with E-state index in [4.69, 9.17) is 26.1 Å². The Hall–Kier alpha value is -2.01. The maximum atomic E-state index is 5.36. The minimum atomic E-state index is 0.629. The van der Waals surface area contributed by atoms with Crippen LogP contribution in [0.2, 0.25) is 0 Å². The Morgan fingerprint density at radius 2 is 2.10 bits per heavy atom. The highest BCUT2D eigenvalue weighted by molar-refractivity contribution is 7.80. The molecule has 0 aliphatic heterocycles. The molecule has 4 nitrogen and oxygen atoms in total. The Labute approximate surface area is 130 Å². The van der Waals surface area contributed by atoms with E-state index in [2.05, 4.69) is 5.32 Å². The number of thiocarbonyl (C=S) groups is 1. The van der Waals surface area contributed by atoms with Gasteiger partial charge in [-0.3, -0.25) is 0 Å². The number of aryl methyl sites for hydroxylation is 1. The fourth-order valence-corrected chi connectivity index (χ4v) is 2.15. The van der Waals surface area contributed by atoms with Crippen molar-refractivity contribution < 1.29 is 13.9 Å². The maximum Gasteiger partial charge on any atom is 0.127 e. The molecule has 0 bridgehead atoms. The van der Waals surface area contributed by atoms with Crippen molar-refractivity contribution in [3.8, 4) is 11.5 Å². The molecule has 0 radical (unpaired) electrons. The van der Waals surface area contributed by atoms with E-state index in [1.165, 1.54) is 0 Å². The van der Waals surface area contributed by atoms with Crippen LogP contribution in [0.3, 0.4) is 0 Å². The topological polar surface area (TPSA) is 43.6 Å². The molecule has 1 heterocycles. The summed E-state index contributed by atoms with van der Waals surface area (Å²) in [4.78, 5) is 0.810. The van der Waals surface area contributed by atoms with Crippen molar-refractivity contribution in [3.05, 3.63) is 47.9 Å². The zero-order valence-corrected chi connectivity index (χ0v) is 13.0. The molecule has 0 atom stereocenters. The average Bonchev–Trinajstić information content (AvgIpc) is 3.04. The monoisotopic (exact) mass is 305 g/mol. The van der Waals surface area contributed by atoms with E-state index in [0.29, 0.717) is 6.54 Å². The van der Waals surface area contributed by atoms with Gasteiger partial charge >= 0.3 is 0 Å². The Morgan fingerprint density at radius 3 is 2.76 bits per heavy atom. The second kappa shape index (κ2) is 7.69.